The highest BCUT2D eigenvalue weighted by molar-refractivity contribution is 7.65. The Bertz CT molecular complexity index is 931. The Morgan fingerprint density at radius 2 is 0.525 bits per heavy atom. The molecule has 0 aliphatic heterocycles. The third-order valence-corrected chi connectivity index (χ3v) is 9.25. The Labute approximate surface area is 218 Å². The van der Waals surface area contributed by atoms with Crippen molar-refractivity contribution in [1.29, 1.82) is 0 Å². The molecule has 0 aromatic carbocycles. The second-order valence-corrected chi connectivity index (χ2v) is 16.6. The van der Waals surface area contributed by atoms with E-state index in [1.807, 2.05) is 0 Å². The molecule has 0 fully saturated rings. The summed E-state index contributed by atoms with van der Waals surface area (Å²) in [4.78, 5) is 0. The Balaban J connectivity index is 7.30. The molecule has 0 rings (SSSR count). The highest BCUT2D eigenvalue weighted by Gasteiger charge is 2.99. The van der Waals surface area contributed by atoms with Crippen molar-refractivity contribution in [3.05, 3.63) is 0 Å². The van der Waals surface area contributed by atoms with Gasteiger partial charge in [-0.3, -0.25) is 0 Å². The largest absolute Gasteiger partial charge is 0.460 e. The third-order valence-electron chi connectivity index (χ3n) is 4.96. The highest BCUT2D eigenvalue weighted by Crippen LogP contribution is 2.68. The van der Waals surface area contributed by atoms with Gasteiger partial charge in [0.25, 0.3) is 0 Å². The Morgan fingerprint density at radius 1 is 0.350 bits per heavy atom. The van der Waals surface area contributed by atoms with Crippen molar-refractivity contribution < 1.29 is 101 Å². The lowest BCUT2D eigenvalue weighted by molar-refractivity contribution is -0.478. The van der Waals surface area contributed by atoms with Crippen LogP contribution in [0.4, 0.5) is 101 Å². The highest BCUT2D eigenvalue weighted by atomic mass is 35.8. The zero-order valence-electron chi connectivity index (χ0n) is 17.4. The summed E-state index contributed by atoms with van der Waals surface area (Å²) in [6.07, 6.45) is -8.11. The summed E-state index contributed by atoms with van der Waals surface area (Å²) in [5.74, 6) is -88.3. The van der Waals surface area contributed by atoms with Gasteiger partial charge in [0.2, 0.25) is 0 Å². The lowest BCUT2D eigenvalue weighted by Gasteiger charge is -2.45. The van der Waals surface area contributed by atoms with Gasteiger partial charge in [0, 0.05) is 0 Å². The molecule has 1 atom stereocenters. The maximum atomic E-state index is 13.9. The molecule has 0 amide bonds. The van der Waals surface area contributed by atoms with Crippen LogP contribution in [-0.4, -0.2) is 71.4 Å². The average Bonchev–Trinajstić information content (AvgIpc) is 2.70. The van der Waals surface area contributed by atoms with Crippen LogP contribution in [0.2, 0.25) is 5.54 Å². The zero-order valence-corrected chi connectivity index (χ0v) is 20.7. The van der Waals surface area contributed by atoms with Gasteiger partial charge in [0.15, 0.2) is 0 Å². The molecule has 1 unspecified atom stereocenters. The van der Waals surface area contributed by atoms with E-state index >= 15 is 0 Å². The Hall–Kier alpha value is -0.523. The molecule has 0 spiro atoms. The van der Waals surface area contributed by atoms with Gasteiger partial charge >= 0.3 is 71.4 Å². The lowest BCUT2D eigenvalue weighted by Crippen LogP contribution is -2.77. The topological polar surface area (TPSA) is 0 Å². The molecule has 0 saturated heterocycles. The predicted octanol–water partition coefficient (Wildman–Crippen LogP) is 9.95. The van der Waals surface area contributed by atoms with E-state index in [0.29, 0.717) is 0 Å². The van der Waals surface area contributed by atoms with E-state index in [1.165, 1.54) is 0 Å². The van der Waals surface area contributed by atoms with Crippen molar-refractivity contribution >= 4 is 39.2 Å². The van der Waals surface area contributed by atoms with Gasteiger partial charge < -0.3 is 0 Å². The molecule has 0 bridgehead atoms. The van der Waals surface area contributed by atoms with Gasteiger partial charge in [-0.25, -0.2) is 0 Å². The second kappa shape index (κ2) is 9.74. The Morgan fingerprint density at radius 3 is 0.700 bits per heavy atom. The Kier molecular flexibility index (Phi) is 9.62. The molecule has 0 heterocycles. The van der Waals surface area contributed by atoms with Crippen LogP contribution in [0.5, 0.6) is 0 Å². The summed E-state index contributed by atoms with van der Waals surface area (Å²) in [6, 6.07) is -5.53. The van der Waals surface area contributed by atoms with Crippen LogP contribution in [-0.2, 0) is 0 Å². The van der Waals surface area contributed by atoms with Crippen molar-refractivity contribution in [1.82, 2.24) is 0 Å². The summed E-state index contributed by atoms with van der Waals surface area (Å²) in [7, 11) is 0. The fourth-order valence-corrected chi connectivity index (χ4v) is 4.07. The molecule has 0 N–H and O–H groups in total. The molecule has 0 aromatic rings. The summed E-state index contributed by atoms with van der Waals surface area (Å²) in [5.41, 5.74) is -3.87. The van der Waals surface area contributed by atoms with Gasteiger partial charge in [0.05, 0.1) is 5.54 Å². The fourth-order valence-electron chi connectivity index (χ4n) is 2.24. The minimum Gasteiger partial charge on any atom is -0.200 e. The zero-order chi connectivity index (χ0) is 33.6. The molecular formula is C13H4Cl3F23Si. The van der Waals surface area contributed by atoms with E-state index in [-0.39, 0.29) is 0 Å². The summed E-state index contributed by atoms with van der Waals surface area (Å²) in [5, 5.41) is 0. The number of hydrogen-bond donors (Lipinski definition) is 0. The van der Waals surface area contributed by atoms with Gasteiger partial charge in [-0.15, -0.1) is 33.2 Å². The fraction of sp³-hybridized carbons (Fsp3) is 1.00. The van der Waals surface area contributed by atoms with Crippen molar-refractivity contribution in [2.24, 2.45) is 0 Å². The molecule has 0 radical (unpaired) electrons. The van der Waals surface area contributed by atoms with Gasteiger partial charge in [-0.1, -0.05) is 6.92 Å². The summed E-state index contributed by atoms with van der Waals surface area (Å²) < 4.78 is 306. The van der Waals surface area contributed by atoms with Gasteiger partial charge in [0.1, 0.15) is 0 Å². The minimum atomic E-state index is -9.44. The van der Waals surface area contributed by atoms with Crippen molar-refractivity contribution in [2.75, 3.05) is 0 Å². The van der Waals surface area contributed by atoms with E-state index in [0.717, 1.165) is 0 Å². The van der Waals surface area contributed by atoms with Gasteiger partial charge in [-0.05, 0) is 0 Å². The van der Waals surface area contributed by atoms with Crippen LogP contribution in [0.25, 0.3) is 0 Å². The molecule has 0 saturated carbocycles. The minimum absolute atomic E-state index is 0.453. The second-order valence-electron chi connectivity index (χ2n) is 7.55. The number of hydrogen-bond acceptors (Lipinski definition) is 0. The molecule has 40 heavy (non-hydrogen) atoms. The third kappa shape index (κ3) is 4.84. The maximum Gasteiger partial charge on any atom is 0.460 e. The van der Waals surface area contributed by atoms with Crippen LogP contribution in [0.1, 0.15) is 6.92 Å². The van der Waals surface area contributed by atoms with E-state index in [4.69, 9.17) is 33.2 Å². The monoisotopic (exact) mass is 730 g/mol. The van der Waals surface area contributed by atoms with E-state index in [9.17, 15) is 101 Å². The summed E-state index contributed by atoms with van der Waals surface area (Å²) >= 11 is 14.4. The van der Waals surface area contributed by atoms with Crippen molar-refractivity contribution in [2.45, 2.75) is 77.9 Å². The van der Waals surface area contributed by atoms with E-state index < -0.39 is 83.9 Å². The molecular weight excluding hydrogens is 728 g/mol. The van der Waals surface area contributed by atoms with Crippen LogP contribution in [0, 0.1) is 0 Å². The molecule has 27 heteroatoms. The predicted molar refractivity (Wildman–Crippen MR) is 88.3 cm³/mol. The maximum absolute atomic E-state index is 13.9. The molecule has 242 valence electrons. The van der Waals surface area contributed by atoms with E-state index in [1.54, 1.807) is 0 Å². The molecule has 0 nitrogen and oxygen atoms in total. The first-order valence-electron chi connectivity index (χ1n) is 8.57. The first-order chi connectivity index (χ1) is 16.7. The number of alkyl halides is 23. The quantitative estimate of drug-likeness (QED) is 0.113. The van der Waals surface area contributed by atoms with Crippen LogP contribution in [0.15, 0.2) is 0 Å². The standard InChI is InChI=1S/C13H4Cl3F23Si/c1-2(40(14,15)16)3(17,18)4(19,20)5(21,22)6(23,24)7(25,26)8(27,28)9(29,30)10(31,32)11(33,34)12(35,36)13(37,38)39/h2H,1H3. The van der Waals surface area contributed by atoms with Gasteiger partial charge in [-0.2, -0.15) is 101 Å². The average molecular weight is 732 g/mol. The number of halogens is 26. The first-order valence-corrected chi connectivity index (χ1v) is 13.7. The first kappa shape index (κ1) is 39.5. The SMILES string of the molecule is CC(C(F)(F)C(F)(F)C(F)(F)C(F)(F)C(F)(F)C(F)(F)C(F)(F)C(F)(F)C(F)(F)C(F)(F)C(F)(F)F)[Si](Cl)(Cl)Cl. The van der Waals surface area contributed by atoms with Crippen LogP contribution >= 0.6 is 33.2 Å². The molecule has 0 aromatic heterocycles. The van der Waals surface area contributed by atoms with Crippen molar-refractivity contribution in [3.8, 4) is 0 Å². The number of rotatable bonds is 11. The van der Waals surface area contributed by atoms with Crippen LogP contribution < -0.4 is 0 Å². The smallest absolute Gasteiger partial charge is 0.200 e. The summed E-state index contributed by atoms with van der Waals surface area (Å²) in [6.45, 7) is -0.453. The van der Waals surface area contributed by atoms with Crippen molar-refractivity contribution in [3.63, 3.8) is 0 Å². The van der Waals surface area contributed by atoms with Crippen LogP contribution in [0.3, 0.4) is 0 Å². The normalized spacial score (nSPS) is 17.8. The molecule has 0 aliphatic rings. The van der Waals surface area contributed by atoms with E-state index in [2.05, 4.69) is 0 Å². The lowest BCUT2D eigenvalue weighted by atomic mass is 9.85. The molecule has 0 aliphatic carbocycles.